The number of esters is 2. The number of hydrogen-bond acceptors (Lipinski definition) is 6. The van der Waals surface area contributed by atoms with E-state index in [4.69, 9.17) is 9.47 Å². The molecule has 6 heteroatoms. The van der Waals surface area contributed by atoms with Crippen LogP contribution in [0.25, 0.3) is 0 Å². The molecule has 0 amide bonds. The van der Waals surface area contributed by atoms with E-state index < -0.39 is 24.1 Å². The van der Waals surface area contributed by atoms with Crippen molar-refractivity contribution in [2.75, 3.05) is 17.3 Å². The van der Waals surface area contributed by atoms with E-state index in [1.165, 1.54) is 0 Å². The first-order valence-corrected chi connectivity index (χ1v) is 9.51. The van der Waals surface area contributed by atoms with Crippen LogP contribution in [0.1, 0.15) is 19.8 Å². The maximum Gasteiger partial charge on any atom is 0.348 e. The third-order valence-corrected chi connectivity index (χ3v) is 5.14. The monoisotopic (exact) mass is 340 g/mol. The van der Waals surface area contributed by atoms with Gasteiger partial charge in [0.05, 0.1) is 0 Å². The minimum atomic E-state index is -0.765. The summed E-state index contributed by atoms with van der Waals surface area (Å²) in [4.78, 5) is 24.9. The van der Waals surface area contributed by atoms with Crippen LogP contribution in [0.4, 0.5) is 0 Å². The van der Waals surface area contributed by atoms with Crippen molar-refractivity contribution in [2.45, 2.75) is 36.9 Å². The summed E-state index contributed by atoms with van der Waals surface area (Å²) in [6, 6.07) is 9.92. The standard InChI is InChI=1S/C16H20O4S2/c1-2-21-10-8-13-15(17)20-14(16(18)19-13)9-11-22-12-6-4-3-5-7-12/h3-7,13-14H,2,8-11H2,1H3/t13-,14+/m1/s1. The third kappa shape index (κ3) is 5.25. The first kappa shape index (κ1) is 17.2. The summed E-state index contributed by atoms with van der Waals surface area (Å²) >= 11 is 3.35. The van der Waals surface area contributed by atoms with E-state index in [2.05, 4.69) is 6.92 Å². The molecule has 0 saturated carbocycles. The molecule has 1 aliphatic rings. The number of cyclic esters (lactones) is 2. The molecule has 4 nitrogen and oxygen atoms in total. The molecule has 2 rings (SSSR count). The average Bonchev–Trinajstić information content (AvgIpc) is 2.53. The Kier molecular flexibility index (Phi) is 7.12. The van der Waals surface area contributed by atoms with Crippen LogP contribution in [0.2, 0.25) is 0 Å². The van der Waals surface area contributed by atoms with Gasteiger partial charge >= 0.3 is 11.9 Å². The number of carbonyl (C=O) groups is 2. The summed E-state index contributed by atoms with van der Waals surface area (Å²) in [6.07, 6.45) is -0.502. The molecule has 0 spiro atoms. The molecule has 1 saturated heterocycles. The van der Waals surface area contributed by atoms with E-state index >= 15 is 0 Å². The number of rotatable bonds is 8. The van der Waals surface area contributed by atoms with Gasteiger partial charge in [-0.3, -0.25) is 0 Å². The van der Waals surface area contributed by atoms with Gasteiger partial charge in [-0.25, -0.2) is 9.59 Å². The van der Waals surface area contributed by atoms with Crippen LogP contribution in [-0.4, -0.2) is 41.4 Å². The van der Waals surface area contributed by atoms with Crippen LogP contribution >= 0.6 is 23.5 Å². The molecule has 1 aliphatic heterocycles. The van der Waals surface area contributed by atoms with Gasteiger partial charge in [-0.2, -0.15) is 11.8 Å². The van der Waals surface area contributed by atoms with Crippen molar-refractivity contribution in [1.82, 2.24) is 0 Å². The van der Waals surface area contributed by atoms with Gasteiger partial charge < -0.3 is 9.47 Å². The fraction of sp³-hybridized carbons (Fsp3) is 0.500. The molecule has 1 heterocycles. The highest BCUT2D eigenvalue weighted by atomic mass is 32.2. The number of ether oxygens (including phenoxy) is 2. The predicted molar refractivity (Wildman–Crippen MR) is 89.2 cm³/mol. The zero-order chi connectivity index (χ0) is 15.8. The minimum absolute atomic E-state index is 0.411. The van der Waals surface area contributed by atoms with Gasteiger partial charge in [-0.15, -0.1) is 11.8 Å². The van der Waals surface area contributed by atoms with Crippen molar-refractivity contribution in [1.29, 1.82) is 0 Å². The van der Waals surface area contributed by atoms with E-state index in [0.29, 0.717) is 18.6 Å². The van der Waals surface area contributed by atoms with Crippen LogP contribution in [-0.2, 0) is 19.1 Å². The maximum absolute atomic E-state index is 11.9. The van der Waals surface area contributed by atoms with Crippen molar-refractivity contribution in [3.63, 3.8) is 0 Å². The van der Waals surface area contributed by atoms with Gasteiger partial charge in [0.2, 0.25) is 0 Å². The quantitative estimate of drug-likeness (QED) is 0.412. The zero-order valence-corrected chi connectivity index (χ0v) is 14.2. The van der Waals surface area contributed by atoms with E-state index in [-0.39, 0.29) is 0 Å². The Morgan fingerprint density at radius 3 is 2.14 bits per heavy atom. The number of thioether (sulfide) groups is 2. The van der Waals surface area contributed by atoms with Crippen LogP contribution < -0.4 is 0 Å². The molecular formula is C16H20O4S2. The molecule has 0 aliphatic carbocycles. The van der Waals surface area contributed by atoms with Crippen LogP contribution in [0, 0.1) is 0 Å². The highest BCUT2D eigenvalue weighted by Gasteiger charge is 2.37. The number of benzene rings is 1. The van der Waals surface area contributed by atoms with Gasteiger partial charge in [0, 0.05) is 23.5 Å². The molecular weight excluding hydrogens is 320 g/mol. The average molecular weight is 340 g/mol. The molecule has 0 aromatic heterocycles. The summed E-state index contributed by atoms with van der Waals surface area (Å²) in [6.45, 7) is 2.05. The van der Waals surface area contributed by atoms with Gasteiger partial charge in [0.1, 0.15) is 0 Å². The molecule has 22 heavy (non-hydrogen) atoms. The van der Waals surface area contributed by atoms with Crippen molar-refractivity contribution in [3.8, 4) is 0 Å². The largest absolute Gasteiger partial charge is 0.448 e. The highest BCUT2D eigenvalue weighted by Crippen LogP contribution is 2.22. The van der Waals surface area contributed by atoms with Crippen molar-refractivity contribution < 1.29 is 19.1 Å². The molecule has 1 aromatic rings. The lowest BCUT2D eigenvalue weighted by molar-refractivity contribution is -0.195. The lowest BCUT2D eigenvalue weighted by Gasteiger charge is -2.27. The Morgan fingerprint density at radius 2 is 1.55 bits per heavy atom. The number of hydrogen-bond donors (Lipinski definition) is 0. The molecule has 1 aromatic carbocycles. The third-order valence-electron chi connectivity index (χ3n) is 3.16. The van der Waals surface area contributed by atoms with Crippen molar-refractivity contribution in [3.05, 3.63) is 30.3 Å². The topological polar surface area (TPSA) is 52.6 Å². The second-order valence-corrected chi connectivity index (χ2v) is 7.35. The lowest BCUT2D eigenvalue weighted by atomic mass is 10.2. The first-order valence-electron chi connectivity index (χ1n) is 7.37. The van der Waals surface area contributed by atoms with Gasteiger partial charge in [-0.1, -0.05) is 25.1 Å². The van der Waals surface area contributed by atoms with Gasteiger partial charge in [-0.05, 0) is 23.6 Å². The Bertz CT molecular complexity index is 492. The molecule has 0 radical (unpaired) electrons. The molecule has 1 fully saturated rings. The maximum atomic E-state index is 11.9. The van der Waals surface area contributed by atoms with Crippen molar-refractivity contribution in [2.24, 2.45) is 0 Å². The SMILES string of the molecule is CCSCC[C@H]1OC(=O)[C@H](CCSc2ccccc2)OC1=O. The van der Waals surface area contributed by atoms with E-state index in [1.54, 1.807) is 23.5 Å². The smallest absolute Gasteiger partial charge is 0.348 e. The zero-order valence-electron chi connectivity index (χ0n) is 12.5. The summed E-state index contributed by atoms with van der Waals surface area (Å²) in [5.41, 5.74) is 0. The Hall–Kier alpha value is -1.14. The summed E-state index contributed by atoms with van der Waals surface area (Å²) < 4.78 is 10.5. The molecule has 0 unspecified atom stereocenters. The van der Waals surface area contributed by atoms with Crippen LogP contribution in [0.5, 0.6) is 0 Å². The van der Waals surface area contributed by atoms with E-state index in [0.717, 1.165) is 16.4 Å². The summed E-state index contributed by atoms with van der Waals surface area (Å²) in [5, 5.41) is 0. The normalized spacial score (nSPS) is 21.3. The Labute approximate surface area is 139 Å². The second-order valence-electron chi connectivity index (χ2n) is 4.79. The van der Waals surface area contributed by atoms with Gasteiger partial charge in [0.25, 0.3) is 0 Å². The molecule has 120 valence electrons. The second kappa shape index (κ2) is 9.10. The van der Waals surface area contributed by atoms with E-state index in [9.17, 15) is 9.59 Å². The summed E-state index contributed by atoms with van der Waals surface area (Å²) in [7, 11) is 0. The molecule has 0 bridgehead atoms. The van der Waals surface area contributed by atoms with E-state index in [1.807, 2.05) is 30.3 Å². The lowest BCUT2D eigenvalue weighted by Crippen LogP contribution is -2.44. The van der Waals surface area contributed by atoms with Crippen molar-refractivity contribution >= 4 is 35.5 Å². The highest BCUT2D eigenvalue weighted by molar-refractivity contribution is 7.99. The molecule has 0 N–H and O–H groups in total. The number of carbonyl (C=O) groups excluding carboxylic acids is 2. The fourth-order valence-electron chi connectivity index (χ4n) is 2.02. The Balaban J connectivity index is 1.74. The minimum Gasteiger partial charge on any atom is -0.448 e. The Morgan fingerprint density at radius 1 is 0.955 bits per heavy atom. The van der Waals surface area contributed by atoms with Crippen LogP contribution in [0.15, 0.2) is 35.2 Å². The first-order chi connectivity index (χ1) is 10.7. The van der Waals surface area contributed by atoms with Gasteiger partial charge in [0.15, 0.2) is 12.2 Å². The predicted octanol–water partition coefficient (Wildman–Crippen LogP) is 3.15. The summed E-state index contributed by atoms with van der Waals surface area (Å²) in [5.74, 6) is 1.64. The van der Waals surface area contributed by atoms with Crippen LogP contribution in [0.3, 0.4) is 0 Å². The molecule has 2 atom stereocenters. The fourth-order valence-corrected chi connectivity index (χ4v) is 3.60.